The van der Waals surface area contributed by atoms with Gasteiger partial charge in [0, 0.05) is 25.2 Å². The Labute approximate surface area is 164 Å². The van der Waals surface area contributed by atoms with E-state index in [1.807, 2.05) is 19.9 Å². The lowest BCUT2D eigenvalue weighted by molar-refractivity contribution is 0.215. The van der Waals surface area contributed by atoms with Gasteiger partial charge in [-0.1, -0.05) is 19.1 Å². The molecule has 0 aliphatic rings. The molecule has 27 heavy (non-hydrogen) atoms. The maximum absolute atomic E-state index is 11.1. The molecule has 0 amide bonds. The Kier molecular flexibility index (Phi) is 10.2. The molecule has 0 fully saturated rings. The van der Waals surface area contributed by atoms with Gasteiger partial charge in [0.2, 0.25) is 10.0 Å². The highest BCUT2D eigenvalue weighted by Crippen LogP contribution is 2.23. The third-order valence-corrected chi connectivity index (χ3v) is 4.62. The smallest absolute Gasteiger partial charge is 0.208 e. The zero-order valence-electron chi connectivity index (χ0n) is 17.1. The summed E-state index contributed by atoms with van der Waals surface area (Å²) in [7, 11) is -3.14. The zero-order chi connectivity index (χ0) is 20.3. The molecular weight excluding hydrogens is 364 g/mol. The predicted octanol–water partition coefficient (Wildman–Crippen LogP) is 2.17. The van der Waals surface area contributed by atoms with Crippen molar-refractivity contribution in [2.45, 2.75) is 53.2 Å². The molecule has 1 aromatic carbocycles. The molecule has 0 saturated heterocycles. The Balaban J connectivity index is 2.68. The van der Waals surface area contributed by atoms with E-state index in [-0.39, 0.29) is 6.10 Å². The fourth-order valence-corrected chi connectivity index (χ4v) is 2.78. The topological polar surface area (TPSA) is 91.8 Å². The van der Waals surface area contributed by atoms with E-state index in [1.165, 1.54) is 0 Å². The number of hydrogen-bond acceptors (Lipinski definition) is 4. The molecular formula is C19H34N4O3S. The molecule has 3 N–H and O–H groups in total. The molecule has 0 aliphatic heterocycles. The van der Waals surface area contributed by atoms with Crippen LogP contribution >= 0.6 is 0 Å². The van der Waals surface area contributed by atoms with Gasteiger partial charge in [-0.25, -0.2) is 18.1 Å². The number of rotatable bonds is 11. The van der Waals surface area contributed by atoms with Crippen LogP contribution in [0.5, 0.6) is 5.75 Å². The Morgan fingerprint density at radius 1 is 1.22 bits per heavy atom. The van der Waals surface area contributed by atoms with E-state index in [4.69, 9.17) is 4.74 Å². The predicted molar refractivity (Wildman–Crippen MR) is 112 cm³/mol. The Bertz CT molecular complexity index is 705. The van der Waals surface area contributed by atoms with Gasteiger partial charge in [0.05, 0.1) is 18.9 Å². The highest BCUT2D eigenvalue weighted by atomic mass is 32.2. The third kappa shape index (κ3) is 10.2. The van der Waals surface area contributed by atoms with Crippen LogP contribution in [0.25, 0.3) is 0 Å². The molecule has 0 heterocycles. The van der Waals surface area contributed by atoms with Crippen molar-refractivity contribution in [3.05, 3.63) is 29.3 Å². The van der Waals surface area contributed by atoms with Crippen molar-refractivity contribution in [2.75, 3.05) is 25.9 Å². The molecule has 1 atom stereocenters. The maximum atomic E-state index is 11.1. The summed E-state index contributed by atoms with van der Waals surface area (Å²) in [6.07, 6.45) is 2.93. The number of benzene rings is 1. The van der Waals surface area contributed by atoms with Gasteiger partial charge in [0.25, 0.3) is 0 Å². The van der Waals surface area contributed by atoms with Crippen LogP contribution in [0.4, 0.5) is 0 Å². The number of nitrogens with one attached hydrogen (secondary N) is 3. The summed E-state index contributed by atoms with van der Waals surface area (Å²) in [4.78, 5) is 4.63. The van der Waals surface area contributed by atoms with E-state index in [1.54, 1.807) is 0 Å². The molecule has 0 saturated carbocycles. The third-order valence-electron chi connectivity index (χ3n) is 3.89. The van der Waals surface area contributed by atoms with Crippen molar-refractivity contribution >= 4 is 16.0 Å². The first kappa shape index (κ1) is 23.2. The summed E-state index contributed by atoms with van der Waals surface area (Å²) in [5.74, 6) is 1.58. The van der Waals surface area contributed by atoms with E-state index >= 15 is 0 Å². The van der Waals surface area contributed by atoms with Gasteiger partial charge in [-0.2, -0.15) is 0 Å². The number of guanidine groups is 1. The summed E-state index contributed by atoms with van der Waals surface area (Å²) in [6, 6.07) is 6.16. The molecule has 154 valence electrons. The Morgan fingerprint density at radius 3 is 2.59 bits per heavy atom. The van der Waals surface area contributed by atoms with Crippen LogP contribution in [0.2, 0.25) is 0 Å². The van der Waals surface area contributed by atoms with Crippen molar-refractivity contribution < 1.29 is 13.2 Å². The average Bonchev–Trinajstić information content (AvgIpc) is 2.59. The molecule has 1 rings (SSSR count). The molecule has 0 aromatic heterocycles. The van der Waals surface area contributed by atoms with Crippen molar-refractivity contribution in [3.63, 3.8) is 0 Å². The lowest BCUT2D eigenvalue weighted by Crippen LogP contribution is -2.38. The summed E-state index contributed by atoms with van der Waals surface area (Å²) in [5, 5.41) is 6.43. The molecule has 1 aromatic rings. The quantitative estimate of drug-likeness (QED) is 0.302. The van der Waals surface area contributed by atoms with Crippen molar-refractivity contribution in [2.24, 2.45) is 4.99 Å². The first-order valence-electron chi connectivity index (χ1n) is 9.48. The van der Waals surface area contributed by atoms with Crippen molar-refractivity contribution in [1.82, 2.24) is 15.4 Å². The van der Waals surface area contributed by atoms with Gasteiger partial charge in [0.1, 0.15) is 5.75 Å². The Hall–Kier alpha value is -1.80. The zero-order valence-corrected chi connectivity index (χ0v) is 17.9. The van der Waals surface area contributed by atoms with Crippen LogP contribution in [-0.2, 0) is 16.6 Å². The number of hydrogen-bond donors (Lipinski definition) is 3. The van der Waals surface area contributed by atoms with Crippen LogP contribution in [0.3, 0.4) is 0 Å². The lowest BCUT2D eigenvalue weighted by atomic mass is 10.1. The second kappa shape index (κ2) is 11.8. The van der Waals surface area contributed by atoms with Crippen LogP contribution < -0.4 is 20.1 Å². The normalized spacial score (nSPS) is 13.3. The Morgan fingerprint density at radius 2 is 1.96 bits per heavy atom. The van der Waals surface area contributed by atoms with Crippen molar-refractivity contribution in [1.29, 1.82) is 0 Å². The number of aliphatic imine (C=N–C) groups is 1. The standard InChI is InChI=1S/C19H34N4O3S/c1-6-16(4)26-18-13-15(3)9-10-17(18)14-22-19(20-7-2)21-11-8-12-23-27(5,24)25/h9-10,13,16,23H,6-8,11-12,14H2,1-5H3,(H2,20,21,22). The minimum absolute atomic E-state index is 0.156. The minimum atomic E-state index is -3.14. The van der Waals surface area contributed by atoms with E-state index < -0.39 is 10.0 Å². The molecule has 8 heteroatoms. The monoisotopic (exact) mass is 398 g/mol. The maximum Gasteiger partial charge on any atom is 0.208 e. The average molecular weight is 399 g/mol. The van der Waals surface area contributed by atoms with Crippen LogP contribution in [0.15, 0.2) is 23.2 Å². The fourth-order valence-electron chi connectivity index (χ4n) is 2.26. The lowest BCUT2D eigenvalue weighted by Gasteiger charge is -2.17. The number of sulfonamides is 1. The first-order valence-corrected chi connectivity index (χ1v) is 11.4. The van der Waals surface area contributed by atoms with Gasteiger partial charge in [-0.3, -0.25) is 0 Å². The van der Waals surface area contributed by atoms with Gasteiger partial charge in [-0.15, -0.1) is 0 Å². The van der Waals surface area contributed by atoms with E-state index in [0.717, 1.165) is 36.1 Å². The van der Waals surface area contributed by atoms with Crippen LogP contribution in [0, 0.1) is 6.92 Å². The van der Waals surface area contributed by atoms with Gasteiger partial charge >= 0.3 is 0 Å². The van der Waals surface area contributed by atoms with Crippen molar-refractivity contribution in [3.8, 4) is 5.75 Å². The number of ether oxygens (including phenoxy) is 1. The fraction of sp³-hybridized carbons (Fsp3) is 0.632. The second-order valence-corrected chi connectivity index (χ2v) is 8.42. The number of aryl methyl sites for hydroxylation is 1. The molecule has 1 unspecified atom stereocenters. The van der Waals surface area contributed by atoms with Crippen LogP contribution in [0.1, 0.15) is 44.7 Å². The highest BCUT2D eigenvalue weighted by molar-refractivity contribution is 7.88. The molecule has 0 radical (unpaired) electrons. The summed E-state index contributed by atoms with van der Waals surface area (Å²) < 4.78 is 30.6. The minimum Gasteiger partial charge on any atom is -0.490 e. The second-order valence-electron chi connectivity index (χ2n) is 6.59. The summed E-state index contributed by atoms with van der Waals surface area (Å²) >= 11 is 0. The molecule has 7 nitrogen and oxygen atoms in total. The summed E-state index contributed by atoms with van der Waals surface area (Å²) in [6.45, 7) is 10.5. The van der Waals surface area contributed by atoms with Gasteiger partial charge in [-0.05, 0) is 45.2 Å². The SMILES string of the molecule is CCNC(=NCc1ccc(C)cc1OC(C)CC)NCCCNS(C)(=O)=O. The highest BCUT2D eigenvalue weighted by Gasteiger charge is 2.08. The van der Waals surface area contributed by atoms with E-state index in [2.05, 4.69) is 46.3 Å². The van der Waals surface area contributed by atoms with E-state index in [9.17, 15) is 8.42 Å². The largest absolute Gasteiger partial charge is 0.490 e. The molecule has 0 bridgehead atoms. The number of nitrogens with zero attached hydrogens (tertiary/aromatic N) is 1. The molecule has 0 aliphatic carbocycles. The molecule has 0 spiro atoms. The van der Waals surface area contributed by atoms with Crippen LogP contribution in [-0.4, -0.2) is 46.4 Å². The van der Waals surface area contributed by atoms with Gasteiger partial charge in [0.15, 0.2) is 5.96 Å². The first-order chi connectivity index (χ1) is 12.7. The summed E-state index contributed by atoms with van der Waals surface area (Å²) in [5.41, 5.74) is 2.20. The van der Waals surface area contributed by atoms with E-state index in [0.29, 0.717) is 32.0 Å². The van der Waals surface area contributed by atoms with Gasteiger partial charge < -0.3 is 15.4 Å².